The zero-order valence-corrected chi connectivity index (χ0v) is 12.2. The number of halogens is 1. The fraction of sp³-hybridized carbons (Fsp3) is 0.462. The molecular weight excluding hydrogens is 283 g/mol. The van der Waals surface area contributed by atoms with E-state index in [-0.39, 0.29) is 17.7 Å². The monoisotopic (exact) mass is 300 g/mol. The van der Waals surface area contributed by atoms with Gasteiger partial charge in [0.1, 0.15) is 5.82 Å². The van der Waals surface area contributed by atoms with E-state index in [4.69, 9.17) is 10.4 Å². The van der Waals surface area contributed by atoms with Gasteiger partial charge in [-0.3, -0.25) is 0 Å². The molecule has 5 nitrogen and oxygen atoms in total. The molecule has 0 aliphatic rings. The van der Waals surface area contributed by atoms with E-state index < -0.39 is 27.7 Å². The second kappa shape index (κ2) is 6.79. The SMILES string of the molecule is CC(O)CCN(C)S(=O)(=O)Cc1cc(C#N)ccc1F. The average molecular weight is 300 g/mol. The lowest BCUT2D eigenvalue weighted by molar-refractivity contribution is 0.177. The summed E-state index contributed by atoms with van der Waals surface area (Å²) in [6.45, 7) is 1.72. The number of sulfonamides is 1. The van der Waals surface area contributed by atoms with Crippen molar-refractivity contribution in [1.82, 2.24) is 4.31 Å². The average Bonchev–Trinajstić information content (AvgIpc) is 2.38. The summed E-state index contributed by atoms with van der Waals surface area (Å²) in [5.74, 6) is -1.17. The van der Waals surface area contributed by atoms with Crippen LogP contribution in [0.2, 0.25) is 0 Å². The Kier molecular flexibility index (Phi) is 5.62. The molecule has 7 heteroatoms. The second-order valence-corrected chi connectivity index (χ2v) is 6.71. The molecule has 0 amide bonds. The molecule has 0 aliphatic carbocycles. The van der Waals surface area contributed by atoms with Crippen molar-refractivity contribution in [3.8, 4) is 6.07 Å². The maximum atomic E-state index is 13.6. The summed E-state index contributed by atoms with van der Waals surface area (Å²) in [5.41, 5.74) is 0.177. The number of hydrogen-bond donors (Lipinski definition) is 1. The summed E-state index contributed by atoms with van der Waals surface area (Å²) in [5, 5.41) is 17.9. The molecule has 0 bridgehead atoms. The summed E-state index contributed by atoms with van der Waals surface area (Å²) < 4.78 is 38.8. The van der Waals surface area contributed by atoms with Gasteiger partial charge in [-0.1, -0.05) is 0 Å². The normalized spacial score (nSPS) is 13.2. The second-order valence-electron chi connectivity index (χ2n) is 4.63. The molecule has 0 spiro atoms. The summed E-state index contributed by atoms with van der Waals surface area (Å²) in [4.78, 5) is 0. The summed E-state index contributed by atoms with van der Waals surface area (Å²) in [7, 11) is -2.30. The van der Waals surface area contributed by atoms with E-state index in [0.717, 1.165) is 10.4 Å². The molecule has 1 rings (SSSR count). The quantitative estimate of drug-likeness (QED) is 0.856. The Bertz CT molecular complexity index is 609. The van der Waals surface area contributed by atoms with Crippen molar-refractivity contribution in [2.24, 2.45) is 0 Å². The van der Waals surface area contributed by atoms with Crippen molar-refractivity contribution in [3.63, 3.8) is 0 Å². The van der Waals surface area contributed by atoms with Crippen molar-refractivity contribution < 1.29 is 17.9 Å². The van der Waals surface area contributed by atoms with Crippen LogP contribution >= 0.6 is 0 Å². The van der Waals surface area contributed by atoms with Crippen LogP contribution in [0.25, 0.3) is 0 Å². The number of nitriles is 1. The molecule has 1 atom stereocenters. The van der Waals surface area contributed by atoms with E-state index in [0.29, 0.717) is 6.42 Å². The van der Waals surface area contributed by atoms with Crippen LogP contribution in [-0.2, 0) is 15.8 Å². The minimum Gasteiger partial charge on any atom is -0.393 e. The molecule has 0 aliphatic heterocycles. The molecule has 1 aromatic carbocycles. The highest BCUT2D eigenvalue weighted by Crippen LogP contribution is 2.15. The van der Waals surface area contributed by atoms with Crippen LogP contribution in [0.15, 0.2) is 18.2 Å². The number of nitrogens with zero attached hydrogens (tertiary/aromatic N) is 2. The third kappa shape index (κ3) is 4.56. The molecular formula is C13H17FN2O3S. The topological polar surface area (TPSA) is 81.4 Å². The highest BCUT2D eigenvalue weighted by molar-refractivity contribution is 7.88. The molecule has 0 fully saturated rings. The largest absolute Gasteiger partial charge is 0.393 e. The van der Waals surface area contributed by atoms with Crippen molar-refractivity contribution in [2.75, 3.05) is 13.6 Å². The molecule has 0 radical (unpaired) electrons. The van der Waals surface area contributed by atoms with E-state index in [1.54, 1.807) is 6.92 Å². The van der Waals surface area contributed by atoms with E-state index >= 15 is 0 Å². The van der Waals surface area contributed by atoms with E-state index in [1.807, 2.05) is 6.07 Å². The van der Waals surface area contributed by atoms with Crippen LogP contribution < -0.4 is 0 Å². The third-order valence-electron chi connectivity index (χ3n) is 2.85. The predicted octanol–water partition coefficient (Wildman–Crippen LogP) is 1.23. The van der Waals surface area contributed by atoms with Crippen molar-refractivity contribution in [2.45, 2.75) is 25.2 Å². The van der Waals surface area contributed by atoms with Crippen LogP contribution in [0, 0.1) is 17.1 Å². The van der Waals surface area contributed by atoms with Gasteiger partial charge in [0.25, 0.3) is 0 Å². The lowest BCUT2D eigenvalue weighted by atomic mass is 10.1. The molecule has 1 aromatic rings. The van der Waals surface area contributed by atoms with Gasteiger partial charge in [0.05, 0.1) is 23.5 Å². The maximum Gasteiger partial charge on any atom is 0.218 e. The fourth-order valence-corrected chi connectivity index (χ4v) is 2.79. The lowest BCUT2D eigenvalue weighted by Gasteiger charge is -2.18. The summed E-state index contributed by atoms with van der Waals surface area (Å²) >= 11 is 0. The van der Waals surface area contributed by atoms with Gasteiger partial charge < -0.3 is 5.11 Å². The number of benzene rings is 1. The molecule has 0 heterocycles. The van der Waals surface area contributed by atoms with Gasteiger partial charge >= 0.3 is 0 Å². The Labute approximate surface area is 118 Å². The van der Waals surface area contributed by atoms with Crippen LogP contribution in [-0.4, -0.2) is 37.5 Å². The Hall–Kier alpha value is -1.49. The maximum absolute atomic E-state index is 13.6. The standard InChI is InChI=1S/C13H17FN2O3S/c1-10(17)5-6-16(2)20(18,19)9-12-7-11(8-15)3-4-13(12)14/h3-4,7,10,17H,5-6,9H2,1-2H3. The van der Waals surface area contributed by atoms with E-state index in [2.05, 4.69) is 0 Å². The van der Waals surface area contributed by atoms with Crippen molar-refractivity contribution in [3.05, 3.63) is 35.1 Å². The van der Waals surface area contributed by atoms with Crippen molar-refractivity contribution >= 4 is 10.0 Å². The van der Waals surface area contributed by atoms with E-state index in [1.165, 1.54) is 19.2 Å². The Balaban J connectivity index is 2.88. The van der Waals surface area contributed by atoms with Gasteiger partial charge in [0.2, 0.25) is 10.0 Å². The summed E-state index contributed by atoms with van der Waals surface area (Å²) in [6.07, 6.45) is -0.303. The van der Waals surface area contributed by atoms with Gasteiger partial charge in [0, 0.05) is 19.2 Å². The Morgan fingerprint density at radius 3 is 2.70 bits per heavy atom. The lowest BCUT2D eigenvalue weighted by Crippen LogP contribution is -2.30. The van der Waals surface area contributed by atoms with Crippen LogP contribution in [0.4, 0.5) is 4.39 Å². The van der Waals surface area contributed by atoms with Gasteiger partial charge in [-0.05, 0) is 31.5 Å². The smallest absolute Gasteiger partial charge is 0.218 e. The summed E-state index contributed by atoms with van der Waals surface area (Å²) in [6, 6.07) is 5.45. The first-order valence-corrected chi connectivity index (χ1v) is 7.68. The number of hydrogen-bond acceptors (Lipinski definition) is 4. The zero-order valence-electron chi connectivity index (χ0n) is 11.4. The van der Waals surface area contributed by atoms with Crippen LogP contribution in [0.5, 0.6) is 0 Å². The van der Waals surface area contributed by atoms with Gasteiger partial charge in [-0.25, -0.2) is 17.1 Å². The Morgan fingerprint density at radius 2 is 2.15 bits per heavy atom. The minimum atomic E-state index is -3.68. The van der Waals surface area contributed by atoms with Gasteiger partial charge in [-0.15, -0.1) is 0 Å². The predicted molar refractivity (Wildman–Crippen MR) is 72.7 cm³/mol. The zero-order chi connectivity index (χ0) is 15.3. The molecule has 20 heavy (non-hydrogen) atoms. The Morgan fingerprint density at radius 1 is 1.50 bits per heavy atom. The van der Waals surface area contributed by atoms with Crippen molar-refractivity contribution in [1.29, 1.82) is 5.26 Å². The van der Waals surface area contributed by atoms with Crippen LogP contribution in [0.1, 0.15) is 24.5 Å². The first kappa shape index (κ1) is 16.6. The van der Waals surface area contributed by atoms with Gasteiger partial charge in [-0.2, -0.15) is 5.26 Å². The first-order chi connectivity index (χ1) is 9.26. The highest BCUT2D eigenvalue weighted by atomic mass is 32.2. The molecule has 0 saturated carbocycles. The molecule has 0 aromatic heterocycles. The number of aliphatic hydroxyl groups is 1. The highest BCUT2D eigenvalue weighted by Gasteiger charge is 2.20. The fourth-order valence-electron chi connectivity index (χ4n) is 1.57. The van der Waals surface area contributed by atoms with E-state index in [9.17, 15) is 12.8 Å². The molecule has 110 valence electrons. The van der Waals surface area contributed by atoms with Gasteiger partial charge in [0.15, 0.2) is 0 Å². The molecule has 1 unspecified atom stereocenters. The third-order valence-corrected chi connectivity index (χ3v) is 4.66. The molecule has 1 N–H and O–H groups in total. The number of aliphatic hydroxyl groups excluding tert-OH is 1. The number of rotatable bonds is 6. The van der Waals surface area contributed by atoms with Crippen LogP contribution in [0.3, 0.4) is 0 Å². The first-order valence-electron chi connectivity index (χ1n) is 6.07. The minimum absolute atomic E-state index is 0.0343. The molecule has 0 saturated heterocycles.